The summed E-state index contributed by atoms with van der Waals surface area (Å²) >= 11 is 0. The third-order valence-corrected chi connectivity index (χ3v) is 7.04. The van der Waals surface area contributed by atoms with Crippen molar-refractivity contribution in [2.24, 2.45) is 0 Å². The Bertz CT molecular complexity index is 1010. The lowest BCUT2D eigenvalue weighted by atomic mass is 10.0. The molecule has 0 aromatic carbocycles. The van der Waals surface area contributed by atoms with Crippen molar-refractivity contribution in [3.05, 3.63) is 106 Å². The number of allylic oxidation sites excluding steroid dienone is 6. The van der Waals surface area contributed by atoms with E-state index in [1.54, 1.807) is 0 Å². The minimum Gasteiger partial charge on any atom is -0.362 e. The van der Waals surface area contributed by atoms with Gasteiger partial charge in [-0.25, -0.2) is 0 Å². The number of hydrogen-bond donors (Lipinski definition) is 0. The zero-order chi connectivity index (χ0) is 28.6. The molecule has 2 aromatic heterocycles. The summed E-state index contributed by atoms with van der Waals surface area (Å²) in [6.45, 7) is 17.4. The molecule has 212 valence electrons. The van der Waals surface area contributed by atoms with Crippen molar-refractivity contribution in [3.8, 4) is 0 Å². The van der Waals surface area contributed by atoms with Gasteiger partial charge in [-0.2, -0.15) is 0 Å². The van der Waals surface area contributed by atoms with E-state index in [1.807, 2.05) is 12.4 Å². The quantitative estimate of drug-likeness (QED) is 0.203. The molecule has 39 heavy (non-hydrogen) atoms. The van der Waals surface area contributed by atoms with Crippen LogP contribution in [0.5, 0.6) is 0 Å². The van der Waals surface area contributed by atoms with Gasteiger partial charge in [-0.3, -0.25) is 9.97 Å². The summed E-state index contributed by atoms with van der Waals surface area (Å²) in [4.78, 5) is 9.67. The Balaban J connectivity index is 2.32. The van der Waals surface area contributed by atoms with Crippen LogP contribution >= 0.6 is 0 Å². The maximum Gasteiger partial charge on any atom is 0.104 e. The number of ether oxygens (including phenoxy) is 1. The second kappa shape index (κ2) is 17.7. The molecule has 2 unspecified atom stereocenters. The summed E-state index contributed by atoms with van der Waals surface area (Å²) < 4.78 is 6.92. The van der Waals surface area contributed by atoms with E-state index < -0.39 is 0 Å². The predicted octanol–water partition coefficient (Wildman–Crippen LogP) is 10.6. The van der Waals surface area contributed by atoms with Gasteiger partial charge in [-0.15, -0.1) is 0 Å². The zero-order valence-corrected chi connectivity index (χ0v) is 25.9. The van der Waals surface area contributed by atoms with Crippen LogP contribution in [-0.2, 0) is 17.6 Å². The van der Waals surface area contributed by atoms with Gasteiger partial charge < -0.3 is 4.74 Å². The average Bonchev–Trinajstić information content (AvgIpc) is 2.92. The van der Waals surface area contributed by atoms with Crippen LogP contribution in [0.15, 0.2) is 83.3 Å². The Morgan fingerprint density at radius 1 is 0.641 bits per heavy atom. The molecule has 3 nitrogen and oxygen atoms in total. The third-order valence-electron chi connectivity index (χ3n) is 7.04. The van der Waals surface area contributed by atoms with Gasteiger partial charge in [0, 0.05) is 12.4 Å². The van der Waals surface area contributed by atoms with Crippen molar-refractivity contribution in [2.75, 3.05) is 0 Å². The molecule has 0 bridgehead atoms. The number of rotatable bonds is 16. The lowest BCUT2D eigenvalue weighted by molar-refractivity contribution is -0.0167. The van der Waals surface area contributed by atoms with E-state index in [4.69, 9.17) is 14.7 Å². The Morgan fingerprint density at radius 3 is 1.36 bits per heavy atom. The number of hydrogen-bond acceptors (Lipinski definition) is 3. The highest BCUT2D eigenvalue weighted by molar-refractivity contribution is 5.19. The summed E-state index contributed by atoms with van der Waals surface area (Å²) in [5.41, 5.74) is 9.99. The van der Waals surface area contributed by atoms with E-state index in [0.29, 0.717) is 0 Å². The van der Waals surface area contributed by atoms with Crippen molar-refractivity contribution < 1.29 is 4.74 Å². The minimum atomic E-state index is -0.133. The van der Waals surface area contributed by atoms with Gasteiger partial charge in [-0.05, 0) is 116 Å². The first-order valence-electron chi connectivity index (χ1n) is 14.8. The molecule has 0 aliphatic heterocycles. The van der Waals surface area contributed by atoms with Gasteiger partial charge >= 0.3 is 0 Å². The van der Waals surface area contributed by atoms with E-state index in [-0.39, 0.29) is 12.2 Å². The molecule has 3 heteroatoms. The predicted molar refractivity (Wildman–Crippen MR) is 168 cm³/mol. The molecule has 0 spiro atoms. The maximum absolute atomic E-state index is 6.92. The summed E-state index contributed by atoms with van der Waals surface area (Å²) in [5.74, 6) is 0. The maximum atomic E-state index is 6.92. The van der Waals surface area contributed by atoms with Crippen LogP contribution in [0, 0.1) is 0 Å². The Kier molecular flexibility index (Phi) is 14.8. The topological polar surface area (TPSA) is 35.0 Å². The first-order valence-corrected chi connectivity index (χ1v) is 14.8. The fourth-order valence-electron chi connectivity index (χ4n) is 4.36. The molecule has 0 saturated heterocycles. The summed E-state index contributed by atoms with van der Waals surface area (Å²) in [6.07, 6.45) is 20.9. The van der Waals surface area contributed by atoms with Gasteiger partial charge in [0.25, 0.3) is 0 Å². The van der Waals surface area contributed by atoms with E-state index in [9.17, 15) is 0 Å². The van der Waals surface area contributed by atoms with Crippen LogP contribution in [0.4, 0.5) is 0 Å². The molecule has 0 radical (unpaired) electrons. The van der Waals surface area contributed by atoms with E-state index >= 15 is 0 Å². The molecular formula is C36H52N2O. The van der Waals surface area contributed by atoms with Crippen LogP contribution in [0.1, 0.15) is 129 Å². The lowest BCUT2D eigenvalue weighted by Crippen LogP contribution is -2.13. The summed E-state index contributed by atoms with van der Waals surface area (Å²) in [5, 5.41) is 0. The molecule has 0 saturated carbocycles. The molecule has 2 aromatic rings. The average molecular weight is 529 g/mol. The molecule has 2 heterocycles. The summed E-state index contributed by atoms with van der Waals surface area (Å²) in [6, 6.07) is 8.64. The van der Waals surface area contributed by atoms with Crippen molar-refractivity contribution >= 4 is 0 Å². The third kappa shape index (κ3) is 12.7. The molecule has 0 amide bonds. The smallest absolute Gasteiger partial charge is 0.104 e. The normalized spacial score (nSPS) is 13.6. The van der Waals surface area contributed by atoms with Crippen molar-refractivity contribution in [3.63, 3.8) is 0 Å². The van der Waals surface area contributed by atoms with Crippen LogP contribution in [0.3, 0.4) is 0 Å². The minimum absolute atomic E-state index is 0.133. The number of aromatic nitrogens is 2. The highest BCUT2D eigenvalue weighted by Crippen LogP contribution is 2.32. The van der Waals surface area contributed by atoms with Crippen LogP contribution in [0.2, 0.25) is 0 Å². The van der Waals surface area contributed by atoms with Crippen molar-refractivity contribution in [1.29, 1.82) is 0 Å². The second-order valence-electron chi connectivity index (χ2n) is 11.2. The van der Waals surface area contributed by atoms with E-state index in [0.717, 1.165) is 62.8 Å². The van der Waals surface area contributed by atoms with Gasteiger partial charge in [0.15, 0.2) is 0 Å². The molecule has 0 fully saturated rings. The summed E-state index contributed by atoms with van der Waals surface area (Å²) in [7, 11) is 0. The lowest BCUT2D eigenvalue weighted by Gasteiger charge is -2.24. The largest absolute Gasteiger partial charge is 0.362 e. The van der Waals surface area contributed by atoms with Gasteiger partial charge in [0.1, 0.15) is 12.2 Å². The SMILES string of the molecule is CCc1ccc(C(CC=C(C)CCC=C(C)C)OC(CC=C(C)CCC=C(C)C)c2ccc(CC)cn2)nc1. The first kappa shape index (κ1) is 32.4. The Hall–Kier alpha value is -2.78. The highest BCUT2D eigenvalue weighted by Gasteiger charge is 2.21. The molecule has 2 rings (SSSR count). The fourth-order valence-corrected chi connectivity index (χ4v) is 4.36. The Labute approximate surface area is 239 Å². The van der Waals surface area contributed by atoms with E-state index in [1.165, 1.54) is 33.4 Å². The molecule has 0 aliphatic carbocycles. The molecule has 2 atom stereocenters. The van der Waals surface area contributed by atoms with Crippen molar-refractivity contribution in [2.45, 2.75) is 119 Å². The van der Waals surface area contributed by atoms with Crippen LogP contribution in [0.25, 0.3) is 0 Å². The molecule has 0 aliphatic rings. The van der Waals surface area contributed by atoms with Crippen molar-refractivity contribution in [1.82, 2.24) is 9.97 Å². The van der Waals surface area contributed by atoms with Gasteiger partial charge in [-0.1, -0.05) is 72.6 Å². The number of aryl methyl sites for hydroxylation is 2. The molecule has 0 N–H and O–H groups in total. The number of nitrogens with zero attached hydrogens (tertiary/aromatic N) is 2. The zero-order valence-electron chi connectivity index (χ0n) is 25.9. The monoisotopic (exact) mass is 528 g/mol. The first-order chi connectivity index (χ1) is 18.7. The van der Waals surface area contributed by atoms with E-state index in [2.05, 4.69) is 104 Å². The highest BCUT2D eigenvalue weighted by atomic mass is 16.5. The van der Waals surface area contributed by atoms with Gasteiger partial charge in [0.2, 0.25) is 0 Å². The standard InChI is InChI=1S/C36H52N2O/c1-9-31-19-21-33(37-25-31)35(23-17-29(7)15-11-13-27(3)4)39-36(34-22-20-32(10-2)26-38-34)24-18-30(8)16-12-14-28(5)6/h13-14,17-22,25-26,35-36H,9-12,15-16,23-24H2,1-8H3. The van der Waals surface area contributed by atoms with Crippen LogP contribution < -0.4 is 0 Å². The fraction of sp³-hybridized carbons (Fsp3) is 0.500. The Morgan fingerprint density at radius 2 is 1.05 bits per heavy atom. The van der Waals surface area contributed by atoms with Crippen LogP contribution in [-0.4, -0.2) is 9.97 Å². The number of pyridine rings is 2. The van der Waals surface area contributed by atoms with Gasteiger partial charge in [0.05, 0.1) is 11.4 Å². The molecular weight excluding hydrogens is 476 g/mol. The second-order valence-corrected chi connectivity index (χ2v) is 11.2.